The van der Waals surface area contributed by atoms with Gasteiger partial charge in [-0.15, -0.1) is 0 Å². The van der Waals surface area contributed by atoms with Crippen molar-refractivity contribution >= 4 is 0 Å². The summed E-state index contributed by atoms with van der Waals surface area (Å²) in [4.78, 5) is 15.4. The van der Waals surface area contributed by atoms with Gasteiger partial charge in [-0.3, -0.25) is 0 Å². The Kier molecular flexibility index (Phi) is 10.1. The van der Waals surface area contributed by atoms with Gasteiger partial charge < -0.3 is 0 Å². The lowest BCUT2D eigenvalue weighted by Gasteiger charge is -2.36. The van der Waals surface area contributed by atoms with Crippen LogP contribution in [0.25, 0.3) is 101 Å². The maximum atomic E-state index is 5.14. The summed E-state index contributed by atoms with van der Waals surface area (Å²) < 4.78 is 0. The lowest BCUT2D eigenvalue weighted by molar-refractivity contribution is 0.353. The molecular formula is C63H47N3. The fourth-order valence-corrected chi connectivity index (χ4v) is 10.6. The average Bonchev–Trinajstić information content (AvgIpc) is 3.66. The second kappa shape index (κ2) is 16.8. The zero-order chi connectivity index (χ0) is 43.9. The molecule has 1 saturated carbocycles. The van der Waals surface area contributed by atoms with Crippen molar-refractivity contribution in [2.75, 3.05) is 0 Å². The summed E-state index contributed by atoms with van der Waals surface area (Å²) in [5.74, 6) is 1.90. The zero-order valence-electron chi connectivity index (χ0n) is 36.7. The van der Waals surface area contributed by atoms with Gasteiger partial charge in [0.25, 0.3) is 0 Å². The van der Waals surface area contributed by atoms with Crippen LogP contribution in [-0.2, 0) is 5.41 Å². The minimum absolute atomic E-state index is 0.157. The molecule has 1 aromatic heterocycles. The molecule has 0 atom stereocenters. The van der Waals surface area contributed by atoms with E-state index in [-0.39, 0.29) is 5.41 Å². The van der Waals surface area contributed by atoms with E-state index in [9.17, 15) is 0 Å². The molecule has 0 saturated heterocycles. The van der Waals surface area contributed by atoms with E-state index in [0.29, 0.717) is 17.5 Å². The van der Waals surface area contributed by atoms with E-state index in [1.807, 2.05) is 12.1 Å². The number of aromatic nitrogens is 3. The van der Waals surface area contributed by atoms with Gasteiger partial charge in [-0.1, -0.05) is 226 Å². The molecule has 0 radical (unpaired) electrons. The van der Waals surface area contributed by atoms with Crippen LogP contribution in [0.5, 0.6) is 0 Å². The first-order valence-corrected chi connectivity index (χ1v) is 23.3. The van der Waals surface area contributed by atoms with E-state index in [0.717, 1.165) is 44.5 Å². The Morgan fingerprint density at radius 3 is 1.12 bits per heavy atom. The molecule has 2 aliphatic rings. The molecule has 12 rings (SSSR count). The first-order valence-electron chi connectivity index (χ1n) is 23.3. The van der Waals surface area contributed by atoms with Gasteiger partial charge in [-0.25, -0.2) is 15.0 Å². The number of rotatable bonds is 8. The zero-order valence-corrected chi connectivity index (χ0v) is 36.7. The highest BCUT2D eigenvalue weighted by molar-refractivity contribution is 5.85. The largest absolute Gasteiger partial charge is 0.208 e. The molecule has 1 fully saturated rings. The van der Waals surface area contributed by atoms with Crippen molar-refractivity contribution in [3.63, 3.8) is 0 Å². The van der Waals surface area contributed by atoms with Crippen molar-refractivity contribution in [2.45, 2.75) is 37.5 Å². The maximum absolute atomic E-state index is 5.14. The first-order chi connectivity index (χ1) is 32.6. The summed E-state index contributed by atoms with van der Waals surface area (Å²) in [6.45, 7) is 0. The Balaban J connectivity index is 0.838. The second-order valence-electron chi connectivity index (χ2n) is 17.9. The normalized spacial score (nSPS) is 13.6. The summed E-state index contributed by atoms with van der Waals surface area (Å²) in [5, 5.41) is 0. The van der Waals surface area contributed by atoms with E-state index in [1.54, 1.807) is 5.56 Å². The lowest BCUT2D eigenvalue weighted by atomic mass is 9.67. The van der Waals surface area contributed by atoms with Crippen LogP contribution in [-0.4, -0.2) is 15.0 Å². The van der Waals surface area contributed by atoms with Gasteiger partial charge in [0.1, 0.15) is 0 Å². The fourth-order valence-electron chi connectivity index (χ4n) is 10.6. The predicted molar refractivity (Wildman–Crippen MR) is 273 cm³/mol. The molecule has 9 aromatic carbocycles. The van der Waals surface area contributed by atoms with Crippen LogP contribution in [0.4, 0.5) is 0 Å². The third kappa shape index (κ3) is 7.33. The molecule has 66 heavy (non-hydrogen) atoms. The second-order valence-corrected chi connectivity index (χ2v) is 17.9. The average molecular weight is 846 g/mol. The Morgan fingerprint density at radius 2 is 0.591 bits per heavy atom. The summed E-state index contributed by atoms with van der Waals surface area (Å²) in [6, 6.07) is 80.7. The van der Waals surface area contributed by atoms with Crippen molar-refractivity contribution in [1.29, 1.82) is 0 Å². The van der Waals surface area contributed by atoms with Gasteiger partial charge >= 0.3 is 0 Å². The van der Waals surface area contributed by atoms with Crippen molar-refractivity contribution in [3.8, 4) is 101 Å². The van der Waals surface area contributed by atoms with Crippen LogP contribution in [0, 0.1) is 0 Å². The third-order valence-corrected chi connectivity index (χ3v) is 14.0. The highest BCUT2D eigenvalue weighted by Gasteiger charge is 2.43. The van der Waals surface area contributed by atoms with Crippen LogP contribution in [0.1, 0.15) is 43.2 Å². The Labute approximate surface area is 387 Å². The molecule has 2 aliphatic carbocycles. The van der Waals surface area contributed by atoms with Crippen LogP contribution in [0.2, 0.25) is 0 Å². The monoisotopic (exact) mass is 845 g/mol. The van der Waals surface area contributed by atoms with Crippen molar-refractivity contribution < 1.29 is 0 Å². The standard InChI is InChI=1S/C63H47N3/c1-4-14-43(15-5-1)45-32-34-50(35-33-45)60-64-61(54-20-12-18-51(40-54)44-16-6-2-7-17-44)66-62(65-60)55-21-13-19-52(41-55)48-28-24-46(25-29-48)47-26-30-49(31-27-47)53-36-37-57-56-22-8-9-23-58(56)63(59(57)42-53)38-10-3-11-39-63/h1-2,4-9,12-37,40-42H,3,10-11,38-39H2. The number of hydrogen-bond donors (Lipinski definition) is 0. The Morgan fingerprint density at radius 1 is 0.242 bits per heavy atom. The number of fused-ring (bicyclic) bond motifs is 5. The van der Waals surface area contributed by atoms with E-state index >= 15 is 0 Å². The fraction of sp³-hybridized carbons (Fsp3) is 0.0952. The summed E-state index contributed by atoms with van der Waals surface area (Å²) in [7, 11) is 0. The van der Waals surface area contributed by atoms with E-state index < -0.39 is 0 Å². The van der Waals surface area contributed by atoms with Crippen molar-refractivity contribution in [3.05, 3.63) is 236 Å². The lowest BCUT2D eigenvalue weighted by Crippen LogP contribution is -2.28. The van der Waals surface area contributed by atoms with Crippen molar-refractivity contribution in [2.24, 2.45) is 0 Å². The number of nitrogens with zero attached hydrogens (tertiary/aromatic N) is 3. The van der Waals surface area contributed by atoms with Crippen LogP contribution in [0.15, 0.2) is 224 Å². The van der Waals surface area contributed by atoms with Gasteiger partial charge in [-0.2, -0.15) is 0 Å². The highest BCUT2D eigenvalue weighted by Crippen LogP contribution is 2.56. The molecule has 3 heteroatoms. The van der Waals surface area contributed by atoms with Gasteiger partial charge in [0.15, 0.2) is 17.5 Å². The van der Waals surface area contributed by atoms with Gasteiger partial charge in [0.2, 0.25) is 0 Å². The highest BCUT2D eigenvalue weighted by atomic mass is 15.0. The van der Waals surface area contributed by atoms with Gasteiger partial charge in [-0.05, 0) is 109 Å². The minimum atomic E-state index is 0.157. The molecule has 3 nitrogen and oxygen atoms in total. The van der Waals surface area contributed by atoms with E-state index in [1.165, 1.54) is 76.6 Å². The molecule has 0 unspecified atom stereocenters. The SMILES string of the molecule is c1ccc(-c2ccc(-c3nc(-c4cccc(-c5ccccc5)c4)nc(-c4cccc(-c5ccc(-c6ccc(-c7ccc8c(c7)C7(CCCCC7)c7ccccc7-8)cc6)cc5)c4)n3)cc2)cc1. The molecule has 0 bridgehead atoms. The molecule has 0 N–H and O–H groups in total. The number of hydrogen-bond acceptors (Lipinski definition) is 3. The van der Waals surface area contributed by atoms with E-state index in [2.05, 4.69) is 212 Å². The first kappa shape index (κ1) is 39.6. The maximum Gasteiger partial charge on any atom is 0.164 e. The predicted octanol–water partition coefficient (Wildman–Crippen LogP) is 16.4. The molecule has 0 aliphatic heterocycles. The topological polar surface area (TPSA) is 38.7 Å². The summed E-state index contributed by atoms with van der Waals surface area (Å²) >= 11 is 0. The molecule has 314 valence electrons. The molecule has 1 spiro atoms. The summed E-state index contributed by atoms with van der Waals surface area (Å²) in [6.07, 6.45) is 6.43. The van der Waals surface area contributed by atoms with Gasteiger partial charge in [0.05, 0.1) is 0 Å². The molecular weight excluding hydrogens is 799 g/mol. The van der Waals surface area contributed by atoms with Crippen LogP contribution < -0.4 is 0 Å². The minimum Gasteiger partial charge on any atom is -0.208 e. The van der Waals surface area contributed by atoms with Gasteiger partial charge in [0, 0.05) is 22.1 Å². The van der Waals surface area contributed by atoms with E-state index in [4.69, 9.17) is 15.0 Å². The number of benzene rings is 9. The quantitative estimate of drug-likeness (QED) is 0.153. The Hall–Kier alpha value is -8.01. The van der Waals surface area contributed by atoms with Crippen LogP contribution in [0.3, 0.4) is 0 Å². The van der Waals surface area contributed by atoms with Crippen molar-refractivity contribution in [1.82, 2.24) is 15.0 Å². The molecule has 1 heterocycles. The van der Waals surface area contributed by atoms with Crippen LogP contribution >= 0.6 is 0 Å². The molecule has 10 aromatic rings. The smallest absolute Gasteiger partial charge is 0.164 e. The summed E-state index contributed by atoms with van der Waals surface area (Å²) in [5.41, 5.74) is 20.7. The molecule has 0 amide bonds. The third-order valence-electron chi connectivity index (χ3n) is 14.0. The Bertz CT molecular complexity index is 3350.